The first-order chi connectivity index (χ1) is 10.5. The maximum absolute atomic E-state index is 12.1. The van der Waals surface area contributed by atoms with Gasteiger partial charge in [-0.2, -0.15) is 0 Å². The van der Waals surface area contributed by atoms with Crippen molar-refractivity contribution in [2.24, 2.45) is 11.7 Å². The van der Waals surface area contributed by atoms with Gasteiger partial charge in [0.25, 0.3) is 0 Å². The normalized spacial score (nSPS) is 20.5. The fourth-order valence-corrected chi connectivity index (χ4v) is 3.05. The number of nitrogens with zero attached hydrogens (tertiary/aromatic N) is 2. The third-order valence-electron chi connectivity index (χ3n) is 4.37. The maximum atomic E-state index is 12.1. The molecule has 23 heavy (non-hydrogen) atoms. The molecular weight excluding hydrogens is 324 g/mol. The first-order valence-corrected chi connectivity index (χ1v) is 7.58. The molecule has 1 saturated heterocycles. The number of urea groups is 1. The molecule has 1 heterocycles. The van der Waals surface area contributed by atoms with Crippen LogP contribution >= 0.6 is 12.4 Å². The van der Waals surface area contributed by atoms with Gasteiger partial charge in [-0.3, -0.25) is 19.3 Å². The van der Waals surface area contributed by atoms with Crippen LogP contribution in [0.5, 0.6) is 0 Å². The zero-order valence-electron chi connectivity index (χ0n) is 13.1. The summed E-state index contributed by atoms with van der Waals surface area (Å²) in [5.74, 6) is -2.02. The molecule has 0 bridgehead atoms. The Labute approximate surface area is 141 Å². The van der Waals surface area contributed by atoms with Crippen molar-refractivity contribution in [1.82, 2.24) is 15.1 Å². The standard InChI is InChI=1S/C14H22N4O4.ClH/c1-17-12(20)13(21)18(14(17)22)8-11(19)16-10(7-15)9-5-3-2-4-6-9;/h9-10H,2-8,15H2,1H3,(H,16,19);1H. The first kappa shape index (κ1) is 19.4. The van der Waals surface area contributed by atoms with E-state index in [0.717, 1.165) is 25.7 Å². The van der Waals surface area contributed by atoms with E-state index in [-0.39, 0.29) is 18.4 Å². The molecule has 3 N–H and O–H groups in total. The van der Waals surface area contributed by atoms with Crippen molar-refractivity contribution in [2.75, 3.05) is 20.1 Å². The van der Waals surface area contributed by atoms with Crippen LogP contribution in [0.15, 0.2) is 0 Å². The molecule has 1 aliphatic carbocycles. The smallest absolute Gasteiger partial charge is 0.334 e. The Morgan fingerprint density at radius 2 is 1.83 bits per heavy atom. The number of carbonyl (C=O) groups excluding carboxylic acids is 4. The summed E-state index contributed by atoms with van der Waals surface area (Å²) < 4.78 is 0. The Hall–Kier alpha value is -1.67. The van der Waals surface area contributed by atoms with E-state index in [9.17, 15) is 19.2 Å². The van der Waals surface area contributed by atoms with Crippen LogP contribution in [0.4, 0.5) is 4.79 Å². The summed E-state index contributed by atoms with van der Waals surface area (Å²) in [5, 5.41) is 2.79. The Morgan fingerprint density at radius 3 is 2.30 bits per heavy atom. The van der Waals surface area contributed by atoms with Crippen LogP contribution in [0.25, 0.3) is 0 Å². The van der Waals surface area contributed by atoms with E-state index in [1.807, 2.05) is 0 Å². The third kappa shape index (κ3) is 4.20. The molecule has 5 amide bonds. The minimum absolute atomic E-state index is 0. The molecule has 0 radical (unpaired) electrons. The summed E-state index contributed by atoms with van der Waals surface area (Å²) in [7, 11) is 1.21. The zero-order valence-corrected chi connectivity index (χ0v) is 13.9. The minimum Gasteiger partial charge on any atom is -0.350 e. The second kappa shape index (κ2) is 8.26. The molecule has 130 valence electrons. The second-order valence-electron chi connectivity index (χ2n) is 5.85. The SMILES string of the molecule is CN1C(=O)C(=O)N(CC(=O)NC(CN)C2CCCCC2)C1=O.Cl. The summed E-state index contributed by atoms with van der Waals surface area (Å²) in [6.07, 6.45) is 5.49. The Kier molecular flexibility index (Phi) is 6.96. The lowest BCUT2D eigenvalue weighted by molar-refractivity contribution is -0.143. The lowest BCUT2D eigenvalue weighted by Gasteiger charge is -2.30. The van der Waals surface area contributed by atoms with Gasteiger partial charge >= 0.3 is 17.8 Å². The van der Waals surface area contributed by atoms with E-state index in [1.54, 1.807) is 0 Å². The third-order valence-corrected chi connectivity index (χ3v) is 4.37. The van der Waals surface area contributed by atoms with E-state index in [4.69, 9.17) is 5.73 Å². The highest BCUT2D eigenvalue weighted by Gasteiger charge is 2.43. The van der Waals surface area contributed by atoms with Gasteiger partial charge < -0.3 is 11.1 Å². The molecule has 0 aromatic heterocycles. The second-order valence-corrected chi connectivity index (χ2v) is 5.85. The van der Waals surface area contributed by atoms with Crippen LogP contribution in [0, 0.1) is 5.92 Å². The summed E-state index contributed by atoms with van der Waals surface area (Å²) >= 11 is 0. The molecule has 1 saturated carbocycles. The fourth-order valence-electron chi connectivity index (χ4n) is 3.05. The number of imide groups is 2. The molecule has 2 fully saturated rings. The van der Waals surface area contributed by atoms with Crippen LogP contribution in [0.2, 0.25) is 0 Å². The van der Waals surface area contributed by atoms with Gasteiger partial charge in [0.05, 0.1) is 0 Å². The predicted molar refractivity (Wildman–Crippen MR) is 84.7 cm³/mol. The maximum Gasteiger partial charge on any atom is 0.334 e. The highest BCUT2D eigenvalue weighted by atomic mass is 35.5. The number of halogens is 1. The summed E-state index contributed by atoms with van der Waals surface area (Å²) in [4.78, 5) is 48.2. The topological polar surface area (TPSA) is 113 Å². The fraction of sp³-hybridized carbons (Fsp3) is 0.714. The molecule has 9 heteroatoms. The number of hydrogen-bond donors (Lipinski definition) is 2. The molecule has 0 spiro atoms. The molecule has 0 aromatic rings. The van der Waals surface area contributed by atoms with E-state index in [0.29, 0.717) is 22.3 Å². The van der Waals surface area contributed by atoms with Crippen LogP contribution in [-0.2, 0) is 14.4 Å². The van der Waals surface area contributed by atoms with Gasteiger partial charge in [0.15, 0.2) is 0 Å². The van der Waals surface area contributed by atoms with E-state index in [2.05, 4.69) is 5.32 Å². The number of hydrogen-bond acceptors (Lipinski definition) is 5. The lowest BCUT2D eigenvalue weighted by atomic mass is 9.84. The predicted octanol–water partition coefficient (Wildman–Crippen LogP) is -0.147. The summed E-state index contributed by atoms with van der Waals surface area (Å²) in [6, 6.07) is -0.929. The van der Waals surface area contributed by atoms with Crippen molar-refractivity contribution in [3.05, 3.63) is 0 Å². The van der Waals surface area contributed by atoms with Gasteiger partial charge in [0.2, 0.25) is 5.91 Å². The highest BCUT2D eigenvalue weighted by Crippen LogP contribution is 2.26. The summed E-state index contributed by atoms with van der Waals surface area (Å²) in [5.41, 5.74) is 5.73. The minimum atomic E-state index is -0.968. The number of likely N-dealkylation sites (N-methyl/N-ethyl adjacent to an activating group) is 1. The zero-order chi connectivity index (χ0) is 16.3. The van der Waals surface area contributed by atoms with Crippen LogP contribution in [0.3, 0.4) is 0 Å². The monoisotopic (exact) mass is 346 g/mol. The van der Waals surface area contributed by atoms with Crippen molar-refractivity contribution >= 4 is 36.2 Å². The quantitative estimate of drug-likeness (QED) is 0.531. The van der Waals surface area contributed by atoms with Gasteiger partial charge in [-0.25, -0.2) is 9.69 Å². The average molecular weight is 347 g/mol. The van der Waals surface area contributed by atoms with E-state index >= 15 is 0 Å². The molecule has 2 aliphatic rings. The summed E-state index contributed by atoms with van der Waals surface area (Å²) in [6.45, 7) is -0.131. The van der Waals surface area contributed by atoms with Gasteiger partial charge in [-0.05, 0) is 18.8 Å². The van der Waals surface area contributed by atoms with Crippen molar-refractivity contribution in [3.8, 4) is 0 Å². The Balaban J connectivity index is 0.00000264. The lowest BCUT2D eigenvalue weighted by Crippen LogP contribution is -2.50. The molecular formula is C14H23ClN4O4. The van der Waals surface area contributed by atoms with Gasteiger partial charge in [-0.15, -0.1) is 12.4 Å². The average Bonchev–Trinajstić information content (AvgIpc) is 2.71. The van der Waals surface area contributed by atoms with Crippen molar-refractivity contribution < 1.29 is 19.2 Å². The number of amides is 5. The largest absolute Gasteiger partial charge is 0.350 e. The highest BCUT2D eigenvalue weighted by molar-refractivity contribution is 6.44. The van der Waals surface area contributed by atoms with Gasteiger partial charge in [-0.1, -0.05) is 19.3 Å². The van der Waals surface area contributed by atoms with E-state index in [1.165, 1.54) is 13.5 Å². The Morgan fingerprint density at radius 1 is 1.22 bits per heavy atom. The number of nitrogens with one attached hydrogen (secondary N) is 1. The Bertz CT molecular complexity index is 493. The van der Waals surface area contributed by atoms with Gasteiger partial charge in [0, 0.05) is 19.6 Å². The number of nitrogens with two attached hydrogens (primary N) is 1. The molecule has 1 aliphatic heterocycles. The molecule has 1 atom stereocenters. The molecule has 2 rings (SSSR count). The van der Waals surface area contributed by atoms with Crippen molar-refractivity contribution in [2.45, 2.75) is 38.1 Å². The van der Waals surface area contributed by atoms with Crippen molar-refractivity contribution in [3.63, 3.8) is 0 Å². The van der Waals surface area contributed by atoms with Crippen LogP contribution < -0.4 is 11.1 Å². The number of carbonyl (C=O) groups is 4. The molecule has 8 nitrogen and oxygen atoms in total. The van der Waals surface area contributed by atoms with Crippen molar-refractivity contribution in [1.29, 1.82) is 0 Å². The van der Waals surface area contributed by atoms with Crippen LogP contribution in [0.1, 0.15) is 32.1 Å². The first-order valence-electron chi connectivity index (χ1n) is 7.58. The van der Waals surface area contributed by atoms with Crippen LogP contribution in [-0.4, -0.2) is 59.7 Å². The number of rotatable bonds is 5. The van der Waals surface area contributed by atoms with Gasteiger partial charge in [0.1, 0.15) is 6.54 Å². The molecule has 0 aromatic carbocycles. The van der Waals surface area contributed by atoms with E-state index < -0.39 is 30.3 Å². The molecule has 1 unspecified atom stereocenters.